The standard InChI is InChI=1S/C20H17ClN4O2/c1-25-11-16(13-8-18-17(22-10-13)6-7-20(21)23-18)19(24-25)12-27-15-5-3-4-14(9-15)26-2/h3-11H,12H2,1-2H3. The minimum Gasteiger partial charge on any atom is -0.497 e. The van der Waals surface area contributed by atoms with Gasteiger partial charge < -0.3 is 9.47 Å². The SMILES string of the molecule is COc1cccc(OCc2nn(C)cc2-c2cnc3ccc(Cl)nc3c2)c1. The lowest BCUT2D eigenvalue weighted by Gasteiger charge is -2.08. The molecule has 0 aliphatic carbocycles. The van der Waals surface area contributed by atoms with Gasteiger partial charge in [0.15, 0.2) is 0 Å². The summed E-state index contributed by atoms with van der Waals surface area (Å²) in [4.78, 5) is 8.82. The number of halogens is 1. The van der Waals surface area contributed by atoms with Crippen molar-refractivity contribution in [3.05, 3.63) is 65.7 Å². The molecule has 0 aliphatic rings. The van der Waals surface area contributed by atoms with Crippen LogP contribution in [0.4, 0.5) is 0 Å². The van der Waals surface area contributed by atoms with Gasteiger partial charge in [0.05, 0.1) is 18.1 Å². The van der Waals surface area contributed by atoms with Crippen LogP contribution in [0.3, 0.4) is 0 Å². The van der Waals surface area contributed by atoms with Gasteiger partial charge in [0.1, 0.15) is 29.0 Å². The van der Waals surface area contributed by atoms with Crippen molar-refractivity contribution >= 4 is 22.6 Å². The van der Waals surface area contributed by atoms with Crippen molar-refractivity contribution in [3.8, 4) is 22.6 Å². The number of aromatic nitrogens is 4. The maximum absolute atomic E-state index is 6.01. The molecule has 0 radical (unpaired) electrons. The molecule has 0 bridgehead atoms. The fourth-order valence-electron chi connectivity index (χ4n) is 2.85. The Labute approximate surface area is 161 Å². The first-order valence-electron chi connectivity index (χ1n) is 8.34. The summed E-state index contributed by atoms with van der Waals surface area (Å²) in [6.07, 6.45) is 3.75. The van der Waals surface area contributed by atoms with Crippen LogP contribution in [-0.4, -0.2) is 26.9 Å². The molecule has 0 amide bonds. The van der Waals surface area contributed by atoms with Crippen LogP contribution >= 0.6 is 11.6 Å². The Morgan fingerprint density at radius 1 is 1.07 bits per heavy atom. The number of fused-ring (bicyclic) bond motifs is 1. The number of rotatable bonds is 5. The van der Waals surface area contributed by atoms with E-state index in [9.17, 15) is 0 Å². The lowest BCUT2D eigenvalue weighted by Crippen LogP contribution is -1.99. The third kappa shape index (κ3) is 3.71. The summed E-state index contributed by atoms with van der Waals surface area (Å²) in [6.45, 7) is 0.324. The van der Waals surface area contributed by atoms with Crippen LogP contribution in [-0.2, 0) is 13.7 Å². The van der Waals surface area contributed by atoms with Gasteiger partial charge in [-0.1, -0.05) is 17.7 Å². The second-order valence-corrected chi connectivity index (χ2v) is 6.41. The Kier molecular flexibility index (Phi) is 4.64. The van der Waals surface area contributed by atoms with Crippen molar-refractivity contribution in [3.63, 3.8) is 0 Å². The van der Waals surface area contributed by atoms with E-state index >= 15 is 0 Å². The van der Waals surface area contributed by atoms with E-state index in [0.29, 0.717) is 11.8 Å². The second kappa shape index (κ2) is 7.25. The van der Waals surface area contributed by atoms with E-state index in [2.05, 4.69) is 15.1 Å². The third-order valence-corrected chi connectivity index (χ3v) is 4.35. The molecule has 4 aromatic rings. The number of nitrogens with zero attached hydrogens (tertiary/aromatic N) is 4. The smallest absolute Gasteiger partial charge is 0.133 e. The molecule has 0 N–H and O–H groups in total. The first-order chi connectivity index (χ1) is 13.1. The van der Waals surface area contributed by atoms with Crippen LogP contribution in [0.15, 0.2) is 54.9 Å². The fourth-order valence-corrected chi connectivity index (χ4v) is 3.01. The number of methoxy groups -OCH3 is 1. The van der Waals surface area contributed by atoms with Crippen molar-refractivity contribution in [2.75, 3.05) is 7.11 Å². The van der Waals surface area contributed by atoms with Crippen molar-refractivity contribution in [2.24, 2.45) is 7.05 Å². The van der Waals surface area contributed by atoms with E-state index in [1.165, 1.54) is 0 Å². The molecule has 27 heavy (non-hydrogen) atoms. The van der Waals surface area contributed by atoms with Crippen LogP contribution in [0.25, 0.3) is 22.2 Å². The number of hydrogen-bond donors (Lipinski definition) is 0. The zero-order valence-corrected chi connectivity index (χ0v) is 15.6. The fraction of sp³-hybridized carbons (Fsp3) is 0.150. The van der Waals surface area contributed by atoms with E-state index in [1.54, 1.807) is 17.9 Å². The summed E-state index contributed by atoms with van der Waals surface area (Å²) in [5, 5.41) is 4.97. The zero-order chi connectivity index (χ0) is 18.8. The Balaban J connectivity index is 1.64. The van der Waals surface area contributed by atoms with E-state index in [1.807, 2.05) is 55.8 Å². The van der Waals surface area contributed by atoms with Crippen LogP contribution < -0.4 is 9.47 Å². The van der Waals surface area contributed by atoms with Gasteiger partial charge in [0.2, 0.25) is 0 Å². The number of benzene rings is 1. The lowest BCUT2D eigenvalue weighted by atomic mass is 10.1. The minimum absolute atomic E-state index is 0.324. The Morgan fingerprint density at radius 2 is 1.93 bits per heavy atom. The lowest BCUT2D eigenvalue weighted by molar-refractivity contribution is 0.298. The van der Waals surface area contributed by atoms with Gasteiger partial charge in [0.25, 0.3) is 0 Å². The van der Waals surface area contributed by atoms with Gasteiger partial charge in [-0.15, -0.1) is 0 Å². The molecule has 0 fully saturated rings. The van der Waals surface area contributed by atoms with E-state index in [4.69, 9.17) is 21.1 Å². The van der Waals surface area contributed by atoms with Gasteiger partial charge in [-0.3, -0.25) is 9.67 Å². The molecule has 3 heterocycles. The molecular weight excluding hydrogens is 364 g/mol. The van der Waals surface area contributed by atoms with Crippen molar-refractivity contribution in [1.29, 1.82) is 0 Å². The van der Waals surface area contributed by atoms with E-state index in [-0.39, 0.29) is 0 Å². The number of pyridine rings is 2. The zero-order valence-electron chi connectivity index (χ0n) is 14.9. The number of hydrogen-bond acceptors (Lipinski definition) is 5. The Bertz CT molecular complexity index is 1110. The molecule has 0 unspecified atom stereocenters. The molecule has 3 aromatic heterocycles. The average molecular weight is 381 g/mol. The van der Waals surface area contributed by atoms with Crippen LogP contribution in [0.2, 0.25) is 5.15 Å². The van der Waals surface area contributed by atoms with Gasteiger partial charge in [-0.25, -0.2) is 4.98 Å². The highest BCUT2D eigenvalue weighted by Gasteiger charge is 2.13. The van der Waals surface area contributed by atoms with Crippen LogP contribution in [0.5, 0.6) is 11.5 Å². The Hall–Kier alpha value is -3.12. The average Bonchev–Trinajstić information content (AvgIpc) is 3.06. The maximum Gasteiger partial charge on any atom is 0.133 e. The minimum atomic E-state index is 0.324. The quantitative estimate of drug-likeness (QED) is 0.484. The van der Waals surface area contributed by atoms with Gasteiger partial charge in [0, 0.05) is 36.6 Å². The van der Waals surface area contributed by atoms with Gasteiger partial charge in [-0.05, 0) is 30.3 Å². The molecule has 6 nitrogen and oxygen atoms in total. The summed E-state index contributed by atoms with van der Waals surface area (Å²) in [5.41, 5.74) is 4.19. The van der Waals surface area contributed by atoms with Gasteiger partial charge in [-0.2, -0.15) is 5.10 Å². The second-order valence-electron chi connectivity index (χ2n) is 6.03. The molecule has 0 saturated carbocycles. The summed E-state index contributed by atoms with van der Waals surface area (Å²) >= 11 is 6.01. The normalized spacial score (nSPS) is 10.9. The summed E-state index contributed by atoms with van der Waals surface area (Å²) in [7, 11) is 3.51. The topological polar surface area (TPSA) is 62.1 Å². The maximum atomic E-state index is 6.01. The monoisotopic (exact) mass is 380 g/mol. The largest absolute Gasteiger partial charge is 0.497 e. The van der Waals surface area contributed by atoms with Crippen molar-refractivity contribution in [2.45, 2.75) is 6.61 Å². The number of aryl methyl sites for hydroxylation is 1. The molecule has 0 saturated heterocycles. The molecule has 136 valence electrons. The van der Waals surface area contributed by atoms with Crippen LogP contribution in [0, 0.1) is 0 Å². The first kappa shape index (κ1) is 17.3. The predicted octanol–water partition coefficient (Wildman–Crippen LogP) is 4.27. The first-order valence-corrected chi connectivity index (χ1v) is 8.72. The number of ether oxygens (including phenoxy) is 2. The van der Waals surface area contributed by atoms with Crippen molar-refractivity contribution in [1.82, 2.24) is 19.7 Å². The summed E-state index contributed by atoms with van der Waals surface area (Å²) in [5.74, 6) is 1.46. The third-order valence-electron chi connectivity index (χ3n) is 4.14. The molecule has 0 spiro atoms. The highest BCUT2D eigenvalue weighted by molar-refractivity contribution is 6.29. The molecular formula is C20H17ClN4O2. The summed E-state index contributed by atoms with van der Waals surface area (Å²) < 4.78 is 12.9. The predicted molar refractivity (Wildman–Crippen MR) is 104 cm³/mol. The molecule has 0 aliphatic heterocycles. The van der Waals surface area contributed by atoms with Crippen LogP contribution in [0.1, 0.15) is 5.69 Å². The molecule has 4 rings (SSSR count). The summed E-state index contributed by atoms with van der Waals surface area (Å²) in [6, 6.07) is 13.0. The van der Waals surface area contributed by atoms with E-state index in [0.717, 1.165) is 39.4 Å². The Morgan fingerprint density at radius 3 is 2.78 bits per heavy atom. The van der Waals surface area contributed by atoms with Gasteiger partial charge >= 0.3 is 0 Å². The molecule has 0 atom stereocenters. The highest BCUT2D eigenvalue weighted by Crippen LogP contribution is 2.27. The highest BCUT2D eigenvalue weighted by atomic mass is 35.5. The van der Waals surface area contributed by atoms with Crippen molar-refractivity contribution < 1.29 is 9.47 Å². The van der Waals surface area contributed by atoms with E-state index < -0.39 is 0 Å². The molecule has 7 heteroatoms. The molecule has 1 aromatic carbocycles.